The van der Waals surface area contributed by atoms with Crippen molar-refractivity contribution in [2.45, 2.75) is 38.8 Å². The molecule has 2 atom stereocenters. The summed E-state index contributed by atoms with van der Waals surface area (Å²) >= 11 is 1.83. The first-order chi connectivity index (χ1) is 7.16. The van der Waals surface area contributed by atoms with Gasteiger partial charge in [0.25, 0.3) is 0 Å². The molecule has 1 saturated carbocycles. The van der Waals surface area contributed by atoms with Crippen LogP contribution in [-0.4, -0.2) is 17.8 Å². The van der Waals surface area contributed by atoms with E-state index in [1.165, 1.54) is 22.6 Å². The summed E-state index contributed by atoms with van der Waals surface area (Å²) in [6.45, 7) is 5.01. The highest BCUT2D eigenvalue weighted by atomic mass is 32.1. The molecule has 1 heterocycles. The third kappa shape index (κ3) is 3.03. The van der Waals surface area contributed by atoms with E-state index in [9.17, 15) is 5.11 Å². The van der Waals surface area contributed by atoms with Gasteiger partial charge in [0, 0.05) is 22.3 Å². The van der Waals surface area contributed by atoms with Gasteiger partial charge < -0.3 is 10.4 Å². The Morgan fingerprint density at radius 2 is 2.27 bits per heavy atom. The first-order valence-electron chi connectivity index (χ1n) is 5.64. The van der Waals surface area contributed by atoms with Crippen LogP contribution in [0.1, 0.15) is 35.6 Å². The van der Waals surface area contributed by atoms with E-state index in [0.717, 1.165) is 6.54 Å². The minimum atomic E-state index is -0.145. The zero-order chi connectivity index (χ0) is 10.8. The van der Waals surface area contributed by atoms with Crippen LogP contribution in [0.5, 0.6) is 0 Å². The SMILES string of the molecule is Cc1ccc(C(C)NCC(O)C2CC2)s1. The highest BCUT2D eigenvalue weighted by Crippen LogP contribution is 2.32. The Kier molecular flexibility index (Phi) is 3.44. The lowest BCUT2D eigenvalue weighted by molar-refractivity contribution is 0.145. The molecule has 3 heteroatoms. The molecule has 0 bridgehead atoms. The summed E-state index contributed by atoms with van der Waals surface area (Å²) < 4.78 is 0. The van der Waals surface area contributed by atoms with E-state index in [1.54, 1.807) is 0 Å². The fraction of sp³-hybridized carbons (Fsp3) is 0.667. The molecule has 0 saturated heterocycles. The van der Waals surface area contributed by atoms with E-state index in [0.29, 0.717) is 12.0 Å². The predicted molar refractivity (Wildman–Crippen MR) is 64.2 cm³/mol. The predicted octanol–water partition coefficient (Wildman–Crippen LogP) is 2.48. The largest absolute Gasteiger partial charge is 0.392 e. The second kappa shape index (κ2) is 4.64. The molecule has 0 radical (unpaired) electrons. The minimum Gasteiger partial charge on any atom is -0.392 e. The van der Waals surface area contributed by atoms with Crippen molar-refractivity contribution in [3.8, 4) is 0 Å². The topological polar surface area (TPSA) is 32.3 Å². The molecule has 1 aliphatic carbocycles. The molecule has 2 N–H and O–H groups in total. The van der Waals surface area contributed by atoms with Gasteiger partial charge in [0.15, 0.2) is 0 Å². The Bertz CT molecular complexity index is 319. The van der Waals surface area contributed by atoms with E-state index >= 15 is 0 Å². The first kappa shape index (κ1) is 11.1. The molecule has 2 rings (SSSR count). The van der Waals surface area contributed by atoms with Crippen molar-refractivity contribution in [1.82, 2.24) is 5.32 Å². The highest BCUT2D eigenvalue weighted by Gasteiger charge is 2.29. The number of hydrogen-bond donors (Lipinski definition) is 2. The molecule has 2 unspecified atom stereocenters. The molecule has 84 valence electrons. The van der Waals surface area contributed by atoms with Gasteiger partial charge in [0.1, 0.15) is 0 Å². The molecule has 0 amide bonds. The quantitative estimate of drug-likeness (QED) is 0.807. The Balaban J connectivity index is 1.78. The van der Waals surface area contributed by atoms with E-state index < -0.39 is 0 Å². The van der Waals surface area contributed by atoms with Crippen molar-refractivity contribution in [1.29, 1.82) is 0 Å². The van der Waals surface area contributed by atoms with Crippen molar-refractivity contribution in [2.75, 3.05) is 6.54 Å². The summed E-state index contributed by atoms with van der Waals surface area (Å²) in [7, 11) is 0. The van der Waals surface area contributed by atoms with Gasteiger partial charge in [-0.15, -0.1) is 11.3 Å². The lowest BCUT2D eigenvalue weighted by atomic mass is 10.2. The highest BCUT2D eigenvalue weighted by molar-refractivity contribution is 7.12. The molecule has 1 aromatic heterocycles. The van der Waals surface area contributed by atoms with Crippen LogP contribution < -0.4 is 5.32 Å². The fourth-order valence-corrected chi connectivity index (χ4v) is 2.64. The molecule has 1 aromatic rings. The molecule has 0 aromatic carbocycles. The maximum absolute atomic E-state index is 9.73. The zero-order valence-corrected chi connectivity index (χ0v) is 10.2. The van der Waals surface area contributed by atoms with Gasteiger partial charge in [-0.2, -0.15) is 0 Å². The number of thiophene rings is 1. The number of hydrogen-bond acceptors (Lipinski definition) is 3. The van der Waals surface area contributed by atoms with Crippen molar-refractivity contribution in [3.63, 3.8) is 0 Å². The van der Waals surface area contributed by atoms with Gasteiger partial charge in [-0.05, 0) is 44.7 Å². The van der Waals surface area contributed by atoms with Crippen LogP contribution in [0.2, 0.25) is 0 Å². The number of nitrogens with one attached hydrogen (secondary N) is 1. The minimum absolute atomic E-state index is 0.145. The lowest BCUT2D eigenvalue weighted by Crippen LogP contribution is -2.29. The number of rotatable bonds is 5. The summed E-state index contributed by atoms with van der Waals surface area (Å²) in [5.41, 5.74) is 0. The first-order valence-corrected chi connectivity index (χ1v) is 6.46. The van der Waals surface area contributed by atoms with E-state index in [-0.39, 0.29) is 6.10 Å². The van der Waals surface area contributed by atoms with Crippen molar-refractivity contribution >= 4 is 11.3 Å². The van der Waals surface area contributed by atoms with Crippen LogP contribution in [-0.2, 0) is 0 Å². The van der Waals surface area contributed by atoms with Crippen molar-refractivity contribution < 1.29 is 5.11 Å². The second-order valence-electron chi connectivity index (χ2n) is 4.48. The van der Waals surface area contributed by atoms with Gasteiger partial charge in [0.05, 0.1) is 6.10 Å². The monoisotopic (exact) mass is 225 g/mol. The average Bonchev–Trinajstić information content (AvgIpc) is 2.97. The third-order valence-electron chi connectivity index (χ3n) is 2.99. The molecule has 1 fully saturated rings. The van der Waals surface area contributed by atoms with E-state index in [1.807, 2.05) is 11.3 Å². The average molecular weight is 225 g/mol. The molecular weight excluding hydrogens is 206 g/mol. The maximum atomic E-state index is 9.73. The van der Waals surface area contributed by atoms with E-state index in [2.05, 4.69) is 31.3 Å². The van der Waals surface area contributed by atoms with Crippen molar-refractivity contribution in [2.24, 2.45) is 5.92 Å². The number of aliphatic hydroxyl groups excluding tert-OH is 1. The summed E-state index contributed by atoms with van der Waals surface area (Å²) in [6, 6.07) is 4.67. The van der Waals surface area contributed by atoms with Crippen LogP contribution in [0, 0.1) is 12.8 Å². The standard InChI is InChI=1S/C12H19NOS/c1-8-3-6-12(15-8)9(2)13-7-11(14)10-4-5-10/h3,6,9-11,13-14H,4-5,7H2,1-2H3. The Labute approximate surface area is 95.3 Å². The van der Waals surface area contributed by atoms with Gasteiger partial charge in [-0.25, -0.2) is 0 Å². The molecule has 0 aliphatic heterocycles. The zero-order valence-electron chi connectivity index (χ0n) is 9.36. The van der Waals surface area contributed by atoms with Gasteiger partial charge in [-0.1, -0.05) is 0 Å². The van der Waals surface area contributed by atoms with Crippen LogP contribution in [0.25, 0.3) is 0 Å². The molecular formula is C12H19NOS. The maximum Gasteiger partial charge on any atom is 0.0692 e. The van der Waals surface area contributed by atoms with Crippen LogP contribution >= 0.6 is 11.3 Å². The van der Waals surface area contributed by atoms with Gasteiger partial charge in [0.2, 0.25) is 0 Å². The second-order valence-corrected chi connectivity index (χ2v) is 5.80. The van der Waals surface area contributed by atoms with Crippen LogP contribution in [0.4, 0.5) is 0 Å². The van der Waals surface area contributed by atoms with E-state index in [4.69, 9.17) is 0 Å². The van der Waals surface area contributed by atoms with Crippen LogP contribution in [0.15, 0.2) is 12.1 Å². The molecule has 0 spiro atoms. The smallest absolute Gasteiger partial charge is 0.0692 e. The summed E-state index contributed by atoms with van der Waals surface area (Å²) in [4.78, 5) is 2.71. The summed E-state index contributed by atoms with van der Waals surface area (Å²) in [5.74, 6) is 0.565. The lowest BCUT2D eigenvalue weighted by Gasteiger charge is -2.15. The molecule has 1 aliphatic rings. The molecule has 15 heavy (non-hydrogen) atoms. The Hall–Kier alpha value is -0.380. The summed E-state index contributed by atoms with van der Waals surface area (Å²) in [6.07, 6.45) is 2.26. The molecule has 2 nitrogen and oxygen atoms in total. The Morgan fingerprint density at radius 3 is 2.80 bits per heavy atom. The Morgan fingerprint density at radius 1 is 1.53 bits per heavy atom. The van der Waals surface area contributed by atoms with Crippen molar-refractivity contribution in [3.05, 3.63) is 21.9 Å². The van der Waals surface area contributed by atoms with Gasteiger partial charge >= 0.3 is 0 Å². The fourth-order valence-electron chi connectivity index (χ4n) is 1.73. The third-order valence-corrected chi connectivity index (χ3v) is 4.17. The van der Waals surface area contributed by atoms with Gasteiger partial charge in [-0.3, -0.25) is 0 Å². The van der Waals surface area contributed by atoms with Crippen LogP contribution in [0.3, 0.4) is 0 Å². The normalized spacial score (nSPS) is 20.2. The summed E-state index contributed by atoms with van der Waals surface area (Å²) in [5, 5.41) is 13.1. The number of aliphatic hydroxyl groups is 1. The number of aryl methyl sites for hydroxylation is 1.